The molecule has 0 spiro atoms. The van der Waals surface area contributed by atoms with E-state index in [-0.39, 0.29) is 0 Å². The van der Waals surface area contributed by atoms with E-state index in [9.17, 15) is 0 Å². The first-order valence-electron chi connectivity index (χ1n) is 6.99. The zero-order chi connectivity index (χ0) is 14.6. The first kappa shape index (κ1) is 15.7. The molecule has 1 aromatic heterocycles. The normalized spacial score (nSPS) is 12.6. The zero-order valence-corrected chi connectivity index (χ0v) is 13.0. The molecule has 0 saturated heterocycles. The molecule has 0 amide bonds. The summed E-state index contributed by atoms with van der Waals surface area (Å²) in [6, 6.07) is 0.411. The third kappa shape index (κ3) is 3.56. The van der Waals surface area contributed by atoms with E-state index in [1.54, 1.807) is 0 Å². The lowest BCUT2D eigenvalue weighted by molar-refractivity contribution is 0.501. The van der Waals surface area contributed by atoms with E-state index in [0.29, 0.717) is 12.0 Å². The highest BCUT2D eigenvalue weighted by Crippen LogP contribution is 2.25. The number of hydrogen-bond donors (Lipinski definition) is 2. The Morgan fingerprint density at radius 1 is 1.26 bits per heavy atom. The van der Waals surface area contributed by atoms with E-state index in [2.05, 4.69) is 50.1 Å². The lowest BCUT2D eigenvalue weighted by atomic mass is 10.0. The maximum Gasteiger partial charge on any atom is 0.148 e. The fourth-order valence-electron chi connectivity index (χ4n) is 2.01. The predicted octanol–water partition coefficient (Wildman–Crippen LogP) is 2.50. The summed E-state index contributed by atoms with van der Waals surface area (Å²) < 4.78 is 0. The second-order valence-electron chi connectivity index (χ2n) is 5.43. The van der Waals surface area contributed by atoms with Crippen molar-refractivity contribution in [3.63, 3.8) is 0 Å². The quantitative estimate of drug-likeness (QED) is 0.611. The van der Waals surface area contributed by atoms with Crippen LogP contribution >= 0.6 is 0 Å². The van der Waals surface area contributed by atoms with Crippen molar-refractivity contribution in [2.45, 2.75) is 53.5 Å². The summed E-state index contributed by atoms with van der Waals surface area (Å²) in [4.78, 5) is 11.4. The molecule has 0 aliphatic carbocycles. The lowest BCUT2D eigenvalue weighted by Crippen LogP contribution is -2.35. The first-order valence-corrected chi connectivity index (χ1v) is 6.99. The fourth-order valence-corrected chi connectivity index (χ4v) is 2.01. The van der Waals surface area contributed by atoms with Crippen molar-refractivity contribution in [1.29, 1.82) is 0 Å². The van der Waals surface area contributed by atoms with Gasteiger partial charge in [0.05, 0.1) is 0 Å². The van der Waals surface area contributed by atoms with Crippen LogP contribution in [0.3, 0.4) is 0 Å². The van der Waals surface area contributed by atoms with E-state index in [0.717, 1.165) is 35.9 Å². The molecular weight excluding hydrogens is 238 g/mol. The molecule has 0 fully saturated rings. The average Bonchev–Trinajstić information content (AvgIpc) is 2.39. The Hall–Kier alpha value is -1.36. The second kappa shape index (κ2) is 6.70. The van der Waals surface area contributed by atoms with Crippen molar-refractivity contribution < 1.29 is 0 Å². The number of aryl methyl sites for hydroxylation is 1. The Morgan fingerprint density at radius 2 is 1.89 bits per heavy atom. The van der Waals surface area contributed by atoms with Gasteiger partial charge < -0.3 is 10.3 Å². The van der Waals surface area contributed by atoms with Crippen molar-refractivity contribution in [2.75, 3.05) is 17.4 Å². The van der Waals surface area contributed by atoms with Crippen molar-refractivity contribution in [3.05, 3.63) is 11.4 Å². The number of anilines is 2. The molecule has 1 unspecified atom stereocenters. The van der Waals surface area contributed by atoms with Gasteiger partial charge in [0.1, 0.15) is 17.5 Å². The average molecular weight is 265 g/mol. The highest BCUT2D eigenvalue weighted by molar-refractivity contribution is 5.58. The van der Waals surface area contributed by atoms with Gasteiger partial charge in [0.25, 0.3) is 0 Å². The van der Waals surface area contributed by atoms with Crippen LogP contribution in [0, 0.1) is 12.8 Å². The van der Waals surface area contributed by atoms with Crippen LogP contribution in [-0.4, -0.2) is 23.1 Å². The molecule has 0 radical (unpaired) electrons. The van der Waals surface area contributed by atoms with Crippen LogP contribution < -0.4 is 16.2 Å². The Kier molecular flexibility index (Phi) is 5.54. The Morgan fingerprint density at radius 3 is 2.37 bits per heavy atom. The Balaban J connectivity index is 3.20. The van der Waals surface area contributed by atoms with Crippen LogP contribution in [0.2, 0.25) is 0 Å². The van der Waals surface area contributed by atoms with Crippen LogP contribution in [0.25, 0.3) is 0 Å². The molecule has 1 rings (SSSR count). The summed E-state index contributed by atoms with van der Waals surface area (Å²) in [6.45, 7) is 10.8. The van der Waals surface area contributed by atoms with Crippen molar-refractivity contribution >= 4 is 11.6 Å². The highest BCUT2D eigenvalue weighted by Gasteiger charge is 2.19. The molecule has 1 aromatic rings. The Bertz CT molecular complexity index is 417. The molecule has 19 heavy (non-hydrogen) atoms. The van der Waals surface area contributed by atoms with Crippen LogP contribution in [-0.2, 0) is 6.42 Å². The van der Waals surface area contributed by atoms with Crippen molar-refractivity contribution in [2.24, 2.45) is 11.8 Å². The van der Waals surface area contributed by atoms with Crippen LogP contribution in [0.15, 0.2) is 0 Å². The molecule has 0 saturated carbocycles. The zero-order valence-electron chi connectivity index (χ0n) is 13.0. The highest BCUT2D eigenvalue weighted by atomic mass is 15.3. The molecule has 5 nitrogen and oxygen atoms in total. The number of hydrogen-bond acceptors (Lipinski definition) is 5. The van der Waals surface area contributed by atoms with Gasteiger partial charge in [0, 0.05) is 25.1 Å². The van der Waals surface area contributed by atoms with Gasteiger partial charge in [0.15, 0.2) is 0 Å². The molecule has 0 aliphatic rings. The SMILES string of the molecule is CCCc1nc(NN)c(C)c(N(C)C(C)C(C)C)n1. The molecule has 1 heterocycles. The third-order valence-corrected chi connectivity index (χ3v) is 3.69. The standard InChI is InChI=1S/C14H27N5/c1-7-8-12-16-13(18-15)10(4)14(17-12)19(6)11(5)9(2)3/h9,11H,7-8,15H2,1-6H3,(H,16,17,18). The Labute approximate surface area is 116 Å². The van der Waals surface area contributed by atoms with Gasteiger partial charge in [0.2, 0.25) is 0 Å². The fraction of sp³-hybridized carbons (Fsp3) is 0.714. The minimum atomic E-state index is 0.411. The molecule has 0 aromatic carbocycles. The maximum atomic E-state index is 5.56. The van der Waals surface area contributed by atoms with Crippen molar-refractivity contribution in [3.8, 4) is 0 Å². The molecular formula is C14H27N5. The van der Waals surface area contributed by atoms with E-state index < -0.39 is 0 Å². The number of rotatable bonds is 6. The van der Waals surface area contributed by atoms with Gasteiger partial charge in [-0.2, -0.15) is 0 Å². The smallest absolute Gasteiger partial charge is 0.148 e. The first-order chi connectivity index (χ1) is 8.92. The largest absolute Gasteiger partial charge is 0.356 e. The summed E-state index contributed by atoms with van der Waals surface area (Å²) in [7, 11) is 2.08. The molecule has 3 N–H and O–H groups in total. The van der Waals surface area contributed by atoms with Gasteiger partial charge in [-0.05, 0) is 26.2 Å². The number of nitrogens with zero attached hydrogens (tertiary/aromatic N) is 3. The van der Waals surface area contributed by atoms with Gasteiger partial charge in [-0.3, -0.25) is 0 Å². The summed E-state index contributed by atoms with van der Waals surface area (Å²) in [5, 5.41) is 0. The van der Waals surface area contributed by atoms with E-state index >= 15 is 0 Å². The summed E-state index contributed by atoms with van der Waals surface area (Å²) in [5.41, 5.74) is 3.68. The number of nitrogen functional groups attached to an aromatic ring is 1. The second-order valence-corrected chi connectivity index (χ2v) is 5.43. The summed E-state index contributed by atoms with van der Waals surface area (Å²) in [5.74, 6) is 8.65. The minimum absolute atomic E-state index is 0.411. The predicted molar refractivity (Wildman–Crippen MR) is 81.3 cm³/mol. The van der Waals surface area contributed by atoms with E-state index in [1.165, 1.54) is 0 Å². The van der Waals surface area contributed by atoms with Gasteiger partial charge >= 0.3 is 0 Å². The van der Waals surface area contributed by atoms with Crippen LogP contribution in [0.4, 0.5) is 11.6 Å². The minimum Gasteiger partial charge on any atom is -0.356 e. The number of hydrazine groups is 1. The summed E-state index contributed by atoms with van der Waals surface area (Å²) in [6.07, 6.45) is 1.89. The molecule has 0 bridgehead atoms. The number of nitrogens with two attached hydrogens (primary N) is 1. The van der Waals surface area contributed by atoms with Crippen LogP contribution in [0.5, 0.6) is 0 Å². The van der Waals surface area contributed by atoms with E-state index in [1.807, 2.05) is 6.92 Å². The van der Waals surface area contributed by atoms with Gasteiger partial charge in [-0.25, -0.2) is 15.8 Å². The van der Waals surface area contributed by atoms with Gasteiger partial charge in [-0.1, -0.05) is 20.8 Å². The van der Waals surface area contributed by atoms with Crippen molar-refractivity contribution in [1.82, 2.24) is 9.97 Å². The molecule has 5 heteroatoms. The van der Waals surface area contributed by atoms with E-state index in [4.69, 9.17) is 10.8 Å². The molecule has 0 aliphatic heterocycles. The third-order valence-electron chi connectivity index (χ3n) is 3.69. The van der Waals surface area contributed by atoms with Gasteiger partial charge in [-0.15, -0.1) is 0 Å². The molecule has 1 atom stereocenters. The lowest BCUT2D eigenvalue weighted by Gasteiger charge is -2.30. The molecule has 108 valence electrons. The van der Waals surface area contributed by atoms with Crippen LogP contribution in [0.1, 0.15) is 45.5 Å². The monoisotopic (exact) mass is 265 g/mol. The maximum absolute atomic E-state index is 5.56. The number of nitrogens with one attached hydrogen (secondary N) is 1. The topological polar surface area (TPSA) is 67.1 Å². The number of aromatic nitrogens is 2. The summed E-state index contributed by atoms with van der Waals surface area (Å²) >= 11 is 0.